The summed E-state index contributed by atoms with van der Waals surface area (Å²) in [4.78, 5) is 12.8. The lowest BCUT2D eigenvalue weighted by molar-refractivity contribution is 0.398. The number of hydrogen-bond acceptors (Lipinski definition) is 11. The van der Waals surface area contributed by atoms with Gasteiger partial charge in [0.05, 0.1) is 40.9 Å². The van der Waals surface area contributed by atoms with Crippen molar-refractivity contribution in [1.82, 2.24) is 9.13 Å². The molecule has 0 bridgehead atoms. The second-order valence-electron chi connectivity index (χ2n) is 25.6. The van der Waals surface area contributed by atoms with Crippen molar-refractivity contribution in [2.45, 2.75) is 261 Å². The lowest BCUT2D eigenvalue weighted by Crippen LogP contribution is -2.12. The van der Waals surface area contributed by atoms with Crippen LogP contribution in [0, 0.1) is 57.2 Å². The van der Waals surface area contributed by atoms with Gasteiger partial charge in [-0.3, -0.25) is 0 Å². The number of thiophene rings is 7. The highest BCUT2D eigenvalue weighted by atomic mass is 32.1. The van der Waals surface area contributed by atoms with Gasteiger partial charge in [0.1, 0.15) is 35.4 Å². The van der Waals surface area contributed by atoms with Crippen molar-refractivity contribution >= 4 is 132 Å². The molecule has 9 aromatic rings. The van der Waals surface area contributed by atoms with E-state index in [0.717, 1.165) is 80.6 Å². The fraction of sp³-hybridized carbons (Fsp3) is 0.538. The maximum absolute atomic E-state index is 9.94. The fourth-order valence-electron chi connectivity index (χ4n) is 13.3. The molecule has 0 aliphatic carbocycles. The molecule has 2 unspecified atom stereocenters. The summed E-state index contributed by atoms with van der Waals surface area (Å²) in [6.07, 6.45) is 39.2. The highest BCUT2D eigenvalue weighted by Gasteiger charge is 2.30. The molecule has 0 radical (unpaired) electrons. The predicted octanol–water partition coefficient (Wildman–Crippen LogP) is 27.6. The number of nitrogens with zero attached hydrogens (tertiary/aromatic N) is 6. The molecule has 0 N–H and O–H groups in total. The molecule has 0 aliphatic heterocycles. The fourth-order valence-corrected chi connectivity index (χ4v) is 22.4. The van der Waals surface area contributed by atoms with Crippen LogP contribution in [0.1, 0.15) is 254 Å². The molecule has 482 valence electrons. The number of nitriles is 4. The predicted molar refractivity (Wildman–Crippen MR) is 405 cm³/mol. The van der Waals surface area contributed by atoms with Crippen molar-refractivity contribution < 1.29 is 0 Å². The van der Waals surface area contributed by atoms with Crippen molar-refractivity contribution in [2.75, 3.05) is 0 Å². The summed E-state index contributed by atoms with van der Waals surface area (Å²) in [5, 5.41) is 39.7. The van der Waals surface area contributed by atoms with Crippen molar-refractivity contribution in [2.24, 2.45) is 11.8 Å². The Hall–Kier alpha value is -5.06. The van der Waals surface area contributed by atoms with E-state index in [1.165, 1.54) is 237 Å². The summed E-state index contributed by atoms with van der Waals surface area (Å²) in [6, 6.07) is 23.7. The molecule has 0 saturated heterocycles. The first-order chi connectivity index (χ1) is 44.6. The van der Waals surface area contributed by atoms with E-state index >= 15 is 0 Å². The maximum Gasteiger partial charge on any atom is 0.131 e. The third-order valence-corrected chi connectivity index (χ3v) is 27.9. The van der Waals surface area contributed by atoms with Gasteiger partial charge in [0.25, 0.3) is 0 Å². The van der Waals surface area contributed by atoms with Crippen LogP contribution in [0.15, 0.2) is 47.5 Å². The van der Waals surface area contributed by atoms with E-state index < -0.39 is 0 Å². The first kappa shape index (κ1) is 70.3. The lowest BCUT2D eigenvalue weighted by atomic mass is 9.99. The van der Waals surface area contributed by atoms with Crippen LogP contribution >= 0.6 is 79.4 Å². The number of rotatable bonds is 40. The average Bonchev–Trinajstić information content (AvgIpc) is 1.53. The van der Waals surface area contributed by atoms with Crippen LogP contribution in [0.4, 0.5) is 0 Å². The Morgan fingerprint density at radius 3 is 1.05 bits per heavy atom. The quantitative estimate of drug-likeness (QED) is 0.0282. The Kier molecular flexibility index (Phi) is 27.4. The monoisotopic (exact) mass is 1340 g/mol. The molecule has 0 saturated carbocycles. The summed E-state index contributed by atoms with van der Waals surface area (Å²) in [6.45, 7) is 20.7. The minimum absolute atomic E-state index is 0.173. The van der Waals surface area contributed by atoms with Crippen molar-refractivity contribution in [1.29, 1.82) is 21.0 Å². The molecule has 0 fully saturated rings. The molecule has 13 heteroatoms. The summed E-state index contributed by atoms with van der Waals surface area (Å²) < 4.78 is 11.4. The highest BCUT2D eigenvalue weighted by molar-refractivity contribution is 7.36. The van der Waals surface area contributed by atoms with Crippen molar-refractivity contribution in [3.05, 3.63) is 79.6 Å². The highest BCUT2D eigenvalue weighted by Crippen LogP contribution is 2.55. The summed E-state index contributed by atoms with van der Waals surface area (Å²) in [5.74, 6) is 1.16. The minimum Gasteiger partial charge on any atom is -0.337 e. The number of unbranched alkanes of at least 4 members (excludes halogenated alkanes) is 16. The van der Waals surface area contributed by atoms with Crippen LogP contribution in [0.25, 0.3) is 92.0 Å². The Morgan fingerprint density at radius 2 is 0.692 bits per heavy atom. The third kappa shape index (κ3) is 17.1. The molecule has 0 aliphatic rings. The van der Waals surface area contributed by atoms with Crippen LogP contribution in [0.2, 0.25) is 0 Å². The van der Waals surface area contributed by atoms with Gasteiger partial charge in [-0.15, -0.1) is 79.4 Å². The topological polar surface area (TPSA) is 105 Å². The Balaban J connectivity index is 1.21. The van der Waals surface area contributed by atoms with Crippen molar-refractivity contribution in [3.8, 4) is 63.3 Å². The summed E-state index contributed by atoms with van der Waals surface area (Å²) in [7, 11) is 0. The number of aromatic nitrogens is 2. The third-order valence-electron chi connectivity index (χ3n) is 18.8. The van der Waals surface area contributed by atoms with Gasteiger partial charge >= 0.3 is 0 Å². The van der Waals surface area contributed by atoms with E-state index in [0.29, 0.717) is 11.8 Å². The Morgan fingerprint density at radius 1 is 0.363 bits per heavy atom. The van der Waals surface area contributed by atoms with Gasteiger partial charge in [-0.1, -0.05) is 184 Å². The van der Waals surface area contributed by atoms with Crippen LogP contribution in [0.3, 0.4) is 0 Å². The van der Waals surface area contributed by atoms with Crippen LogP contribution in [-0.2, 0) is 38.8 Å². The molecular formula is C78H98N6S7. The van der Waals surface area contributed by atoms with Gasteiger partial charge in [-0.25, -0.2) is 0 Å². The molecule has 9 aromatic heterocycles. The van der Waals surface area contributed by atoms with E-state index in [2.05, 4.69) is 137 Å². The van der Waals surface area contributed by atoms with Crippen LogP contribution in [0.5, 0.6) is 0 Å². The second kappa shape index (κ2) is 35.4. The number of allylic oxidation sites excluding steroid dienone is 2. The van der Waals surface area contributed by atoms with Gasteiger partial charge < -0.3 is 9.13 Å². The van der Waals surface area contributed by atoms with Gasteiger partial charge in [0.15, 0.2) is 0 Å². The standard InChI is InChI=1S/C78H98N6S7/c1-9-17-23-27-28-32-36-58-42-70(86-64(58)40-56(49-81)50-82)74-60(38-31-26-20-12-4)44-66(88-74)68-46-62-76(90-68)78-72(84(62)52-54(16-8)34-22-14-6)71-77(91-78)75-61(83(71)51-53(15-7)33-21-13-5)45-67(89-75)65-43-59(37-30-25-19-11-3)73(87-65)69-41-57(35-29-24-18-10-2)63(85-69)39-55(47-79)48-80/h39-46,53-54H,9-38,51-52H2,1-8H3. The zero-order valence-corrected chi connectivity index (χ0v) is 61.7. The number of aryl methyl sites for hydroxylation is 4. The van der Waals surface area contributed by atoms with Gasteiger partial charge in [-0.05, 0) is 147 Å². The molecule has 0 amide bonds. The van der Waals surface area contributed by atoms with E-state index in [1.54, 1.807) is 22.7 Å². The first-order valence-electron chi connectivity index (χ1n) is 35.2. The molecule has 91 heavy (non-hydrogen) atoms. The smallest absolute Gasteiger partial charge is 0.131 e. The zero-order valence-electron chi connectivity index (χ0n) is 55.9. The average molecular weight is 1340 g/mol. The first-order valence-corrected chi connectivity index (χ1v) is 40.9. The Labute approximate surface area is 573 Å². The zero-order chi connectivity index (χ0) is 64.2. The lowest BCUT2D eigenvalue weighted by Gasteiger charge is -2.19. The van der Waals surface area contributed by atoms with Crippen LogP contribution < -0.4 is 0 Å². The Bertz CT molecular complexity index is 4020. The second-order valence-corrected chi connectivity index (χ2v) is 33.0. The van der Waals surface area contributed by atoms with Crippen LogP contribution in [-0.4, -0.2) is 9.13 Å². The van der Waals surface area contributed by atoms with E-state index in [9.17, 15) is 21.0 Å². The number of hydrogen-bond donors (Lipinski definition) is 0. The summed E-state index contributed by atoms with van der Waals surface area (Å²) >= 11 is 13.6. The minimum atomic E-state index is 0.173. The SMILES string of the molecule is CCCCCCCCc1cc(-c2sc(-c3cc4c(s3)c3sc5c6sc(-c7cc(CCCCCC)c(-c8cc(CCCCCC)c(C=C(C#N)C#N)s8)s7)cc6n(CC(CC)CCCC)c5c3n4CC(CC)CCCC)cc2CCCCCC)sc1C=C(C#N)C#N. The van der Waals surface area contributed by atoms with E-state index in [1.807, 2.05) is 57.5 Å². The van der Waals surface area contributed by atoms with Gasteiger partial charge in [-0.2, -0.15) is 21.0 Å². The molecular weight excluding hydrogens is 1250 g/mol. The summed E-state index contributed by atoms with van der Waals surface area (Å²) in [5.41, 5.74) is 11.4. The molecule has 0 spiro atoms. The van der Waals surface area contributed by atoms with Gasteiger partial charge in [0, 0.05) is 61.9 Å². The number of fused-ring (bicyclic) bond motifs is 7. The molecule has 9 heterocycles. The van der Waals surface area contributed by atoms with E-state index in [-0.39, 0.29) is 11.1 Å². The maximum atomic E-state index is 9.94. The molecule has 0 aromatic carbocycles. The molecule has 9 rings (SSSR count). The largest absolute Gasteiger partial charge is 0.337 e. The normalized spacial score (nSPS) is 12.4. The molecule has 2 atom stereocenters. The molecule has 6 nitrogen and oxygen atoms in total. The van der Waals surface area contributed by atoms with Crippen molar-refractivity contribution in [3.63, 3.8) is 0 Å². The van der Waals surface area contributed by atoms with Gasteiger partial charge in [0.2, 0.25) is 0 Å². The van der Waals surface area contributed by atoms with E-state index in [4.69, 9.17) is 0 Å².